The van der Waals surface area contributed by atoms with Crippen LogP contribution in [0.15, 0.2) is 18.2 Å². The fraction of sp³-hybridized carbons (Fsp3) is 0.200. The first-order valence-electron chi connectivity index (χ1n) is 3.78. The van der Waals surface area contributed by atoms with Crippen molar-refractivity contribution in [2.24, 2.45) is 0 Å². The highest BCUT2D eigenvalue weighted by Gasteiger charge is 2.03. The van der Waals surface area contributed by atoms with Gasteiger partial charge in [-0.2, -0.15) is 5.26 Å². The van der Waals surface area contributed by atoms with Crippen LogP contribution in [0.4, 0.5) is 0 Å². The summed E-state index contributed by atoms with van der Waals surface area (Å²) < 4.78 is 0. The van der Waals surface area contributed by atoms with Gasteiger partial charge in [0.15, 0.2) is 5.78 Å². The number of carbonyl (C=O) groups is 1. The van der Waals surface area contributed by atoms with Gasteiger partial charge in [-0.1, -0.05) is 15.9 Å². The zero-order valence-electron chi connectivity index (χ0n) is 7.17. The molecule has 0 bridgehead atoms. The fourth-order valence-electron chi connectivity index (χ4n) is 1.04. The first kappa shape index (κ1) is 9.94. The molecule has 66 valence electrons. The summed E-state index contributed by atoms with van der Waals surface area (Å²) in [5.74, 6) is -0.0145. The molecule has 0 saturated carbocycles. The standard InChI is InChI=1S/C10H8BrNO/c1-7(13)10-3-8(5-11)2-9(4-10)6-12/h2-4H,5H2,1H3. The van der Waals surface area contributed by atoms with Gasteiger partial charge in [0.1, 0.15) is 0 Å². The lowest BCUT2D eigenvalue weighted by atomic mass is 10.1. The van der Waals surface area contributed by atoms with Gasteiger partial charge in [0, 0.05) is 10.9 Å². The minimum absolute atomic E-state index is 0.0145. The molecule has 0 unspecified atom stereocenters. The molecule has 0 amide bonds. The Balaban J connectivity index is 3.24. The average Bonchev–Trinajstić information content (AvgIpc) is 2.16. The highest BCUT2D eigenvalue weighted by molar-refractivity contribution is 9.08. The molecule has 0 aromatic heterocycles. The highest BCUT2D eigenvalue weighted by Crippen LogP contribution is 2.13. The van der Waals surface area contributed by atoms with Crippen molar-refractivity contribution in [2.75, 3.05) is 0 Å². The van der Waals surface area contributed by atoms with Crippen molar-refractivity contribution in [3.8, 4) is 6.07 Å². The molecule has 0 spiro atoms. The molecule has 0 heterocycles. The molecule has 2 nitrogen and oxygen atoms in total. The molecule has 13 heavy (non-hydrogen) atoms. The minimum Gasteiger partial charge on any atom is -0.295 e. The maximum absolute atomic E-state index is 11.1. The van der Waals surface area contributed by atoms with Gasteiger partial charge in [-0.3, -0.25) is 4.79 Å². The number of alkyl halides is 1. The summed E-state index contributed by atoms with van der Waals surface area (Å²) in [6.45, 7) is 1.49. The van der Waals surface area contributed by atoms with Crippen molar-refractivity contribution < 1.29 is 4.79 Å². The van der Waals surface area contributed by atoms with Gasteiger partial charge in [-0.05, 0) is 30.7 Å². The molecule has 0 radical (unpaired) electrons. The second-order valence-corrected chi connectivity index (χ2v) is 3.28. The lowest BCUT2D eigenvalue weighted by Gasteiger charge is -2.00. The molecule has 1 aromatic carbocycles. The summed E-state index contributed by atoms with van der Waals surface area (Å²) in [6.07, 6.45) is 0. The maximum atomic E-state index is 11.1. The molecule has 0 saturated heterocycles. The summed E-state index contributed by atoms with van der Waals surface area (Å²) in [5, 5.41) is 9.34. The topological polar surface area (TPSA) is 40.9 Å². The summed E-state index contributed by atoms with van der Waals surface area (Å²) in [5.41, 5.74) is 2.07. The minimum atomic E-state index is -0.0145. The second-order valence-electron chi connectivity index (χ2n) is 2.72. The van der Waals surface area contributed by atoms with Crippen molar-refractivity contribution in [2.45, 2.75) is 12.3 Å². The first-order valence-corrected chi connectivity index (χ1v) is 4.90. The Morgan fingerprint density at radius 1 is 1.54 bits per heavy atom. The van der Waals surface area contributed by atoms with Crippen molar-refractivity contribution in [1.29, 1.82) is 5.26 Å². The van der Waals surface area contributed by atoms with E-state index in [0.29, 0.717) is 16.5 Å². The van der Waals surface area contributed by atoms with Crippen molar-refractivity contribution in [1.82, 2.24) is 0 Å². The summed E-state index contributed by atoms with van der Waals surface area (Å²) in [7, 11) is 0. The van der Waals surface area contributed by atoms with Gasteiger partial charge in [0.25, 0.3) is 0 Å². The van der Waals surface area contributed by atoms with Crippen molar-refractivity contribution in [3.05, 3.63) is 34.9 Å². The number of benzene rings is 1. The number of rotatable bonds is 2. The van der Waals surface area contributed by atoms with Gasteiger partial charge >= 0.3 is 0 Å². The molecule has 0 aliphatic carbocycles. The largest absolute Gasteiger partial charge is 0.295 e. The molecule has 0 N–H and O–H groups in total. The predicted molar refractivity (Wildman–Crippen MR) is 53.8 cm³/mol. The van der Waals surface area contributed by atoms with E-state index in [0.717, 1.165) is 5.56 Å². The molecule has 3 heteroatoms. The number of hydrogen-bond donors (Lipinski definition) is 0. The van der Waals surface area contributed by atoms with Crippen molar-refractivity contribution in [3.63, 3.8) is 0 Å². The summed E-state index contributed by atoms with van der Waals surface area (Å²) in [4.78, 5) is 11.1. The smallest absolute Gasteiger partial charge is 0.159 e. The third-order valence-electron chi connectivity index (χ3n) is 1.68. The van der Waals surface area contributed by atoms with E-state index in [2.05, 4.69) is 15.9 Å². The first-order chi connectivity index (χ1) is 6.17. The second kappa shape index (κ2) is 4.20. The Bertz CT molecular complexity index is 379. The number of nitrogens with zero attached hydrogens (tertiary/aromatic N) is 1. The van der Waals surface area contributed by atoms with E-state index in [9.17, 15) is 4.79 Å². The van der Waals surface area contributed by atoms with Gasteiger partial charge in [0.05, 0.1) is 11.6 Å². The van der Waals surface area contributed by atoms with E-state index in [1.807, 2.05) is 6.07 Å². The van der Waals surface area contributed by atoms with Gasteiger partial charge in [-0.25, -0.2) is 0 Å². The number of hydrogen-bond acceptors (Lipinski definition) is 2. The summed E-state index contributed by atoms with van der Waals surface area (Å²) in [6, 6.07) is 7.18. The molecule has 0 aliphatic rings. The van der Waals surface area contributed by atoms with Crippen LogP contribution in [-0.4, -0.2) is 5.78 Å². The Morgan fingerprint density at radius 2 is 2.23 bits per heavy atom. The van der Waals surface area contributed by atoms with Gasteiger partial charge in [0.2, 0.25) is 0 Å². The molecule has 1 rings (SSSR count). The third kappa shape index (κ3) is 2.40. The normalized spacial score (nSPS) is 9.31. The zero-order chi connectivity index (χ0) is 9.84. The van der Waals surface area contributed by atoms with Gasteiger partial charge in [-0.15, -0.1) is 0 Å². The van der Waals surface area contributed by atoms with Crippen LogP contribution in [0.25, 0.3) is 0 Å². The van der Waals surface area contributed by atoms with Crippen LogP contribution in [0.2, 0.25) is 0 Å². The van der Waals surface area contributed by atoms with Crippen LogP contribution in [0.1, 0.15) is 28.4 Å². The average molecular weight is 238 g/mol. The Hall–Kier alpha value is -1.14. The molecule has 0 fully saturated rings. The molecular formula is C10H8BrNO. The van der Waals surface area contributed by atoms with E-state index < -0.39 is 0 Å². The highest BCUT2D eigenvalue weighted by atomic mass is 79.9. The van der Waals surface area contributed by atoms with Gasteiger partial charge < -0.3 is 0 Å². The quantitative estimate of drug-likeness (QED) is 0.587. The fourth-order valence-corrected chi connectivity index (χ4v) is 1.36. The van der Waals surface area contributed by atoms with E-state index in [1.54, 1.807) is 18.2 Å². The van der Waals surface area contributed by atoms with Crippen LogP contribution in [0, 0.1) is 11.3 Å². The number of ketones is 1. The van der Waals surface area contributed by atoms with Crippen LogP contribution in [0.5, 0.6) is 0 Å². The van der Waals surface area contributed by atoms with Crippen LogP contribution in [-0.2, 0) is 5.33 Å². The van der Waals surface area contributed by atoms with E-state index in [4.69, 9.17) is 5.26 Å². The number of carbonyl (C=O) groups excluding carboxylic acids is 1. The summed E-state index contributed by atoms with van der Waals surface area (Å²) >= 11 is 3.28. The Labute approximate surface area is 85.3 Å². The SMILES string of the molecule is CC(=O)c1cc(C#N)cc(CBr)c1. The molecular weight excluding hydrogens is 230 g/mol. The molecule has 0 aliphatic heterocycles. The lowest BCUT2D eigenvalue weighted by molar-refractivity contribution is 0.101. The monoisotopic (exact) mass is 237 g/mol. The lowest BCUT2D eigenvalue weighted by Crippen LogP contribution is -1.94. The van der Waals surface area contributed by atoms with E-state index >= 15 is 0 Å². The predicted octanol–water partition coefficient (Wildman–Crippen LogP) is 2.66. The zero-order valence-corrected chi connectivity index (χ0v) is 8.76. The van der Waals surface area contributed by atoms with Crippen molar-refractivity contribution >= 4 is 21.7 Å². The number of halogens is 1. The van der Waals surface area contributed by atoms with Crippen LogP contribution < -0.4 is 0 Å². The van der Waals surface area contributed by atoms with E-state index in [-0.39, 0.29) is 5.78 Å². The Morgan fingerprint density at radius 3 is 2.69 bits per heavy atom. The van der Waals surface area contributed by atoms with E-state index in [1.165, 1.54) is 6.92 Å². The molecule has 1 aromatic rings. The van der Waals surface area contributed by atoms with Crippen LogP contribution in [0.3, 0.4) is 0 Å². The van der Waals surface area contributed by atoms with Crippen LogP contribution >= 0.6 is 15.9 Å². The third-order valence-corrected chi connectivity index (χ3v) is 2.33. The Kier molecular flexibility index (Phi) is 3.21. The maximum Gasteiger partial charge on any atom is 0.159 e. The number of Topliss-reactive ketones (excluding diaryl/α,β-unsaturated/α-hetero) is 1. The molecule has 0 atom stereocenters. The number of nitriles is 1.